The highest BCUT2D eigenvalue weighted by Gasteiger charge is 2.21. The maximum Gasteiger partial charge on any atom is 0.241 e. The number of carboxylic acids is 1. The third kappa shape index (κ3) is 4.30. The minimum absolute atomic E-state index is 0.0104. The number of sulfonamides is 1. The van der Waals surface area contributed by atoms with Crippen molar-refractivity contribution in [2.45, 2.75) is 17.4 Å². The summed E-state index contributed by atoms with van der Waals surface area (Å²) in [5.74, 6) is -1.34. The summed E-state index contributed by atoms with van der Waals surface area (Å²) in [4.78, 5) is 10.9. The smallest absolute Gasteiger partial charge is 0.241 e. The number of halogens is 1. The number of aliphatic carboxylic acids is 1. The molecule has 1 unspecified atom stereocenters. The monoisotopic (exact) mass is 338 g/mol. The van der Waals surface area contributed by atoms with Crippen LogP contribution in [0.25, 0.3) is 0 Å². The van der Waals surface area contributed by atoms with Crippen LogP contribution in [0.5, 0.6) is 0 Å². The highest BCUT2D eigenvalue weighted by Crippen LogP contribution is 2.21. The zero-order valence-corrected chi connectivity index (χ0v) is 13.0. The van der Waals surface area contributed by atoms with Crippen molar-refractivity contribution in [2.75, 3.05) is 0 Å². The standard InChI is InChI=1S/C15H14ClNO4S/c16-12-6-8-13(9-7-12)22(20,21)17-14(10-15(18)19)11-4-2-1-3-5-11/h1-9,14,17H,10H2,(H,18,19)/p-1. The van der Waals surface area contributed by atoms with Crippen LogP contribution in [0.3, 0.4) is 0 Å². The second-order valence-electron chi connectivity index (χ2n) is 4.61. The van der Waals surface area contributed by atoms with Crippen LogP contribution < -0.4 is 9.83 Å². The lowest BCUT2D eigenvalue weighted by Crippen LogP contribution is -2.34. The number of carboxylic acid groups (broad SMARTS) is 1. The minimum atomic E-state index is -3.87. The second-order valence-corrected chi connectivity index (χ2v) is 6.77. The molecule has 0 aromatic heterocycles. The van der Waals surface area contributed by atoms with Crippen molar-refractivity contribution < 1.29 is 18.3 Å². The molecular formula is C15H13ClNO4S-. The topological polar surface area (TPSA) is 86.3 Å². The molecule has 0 heterocycles. The Bertz CT molecular complexity index is 745. The van der Waals surface area contributed by atoms with E-state index in [0.717, 1.165) is 0 Å². The summed E-state index contributed by atoms with van der Waals surface area (Å²) in [5, 5.41) is 11.3. The fraction of sp³-hybridized carbons (Fsp3) is 0.133. The van der Waals surface area contributed by atoms with E-state index >= 15 is 0 Å². The molecule has 1 N–H and O–H groups in total. The quantitative estimate of drug-likeness (QED) is 0.864. The second kappa shape index (κ2) is 6.91. The maximum atomic E-state index is 12.3. The Kier molecular flexibility index (Phi) is 5.18. The van der Waals surface area contributed by atoms with Crippen molar-refractivity contribution in [2.24, 2.45) is 0 Å². The normalized spacial score (nSPS) is 12.8. The Morgan fingerprint density at radius 3 is 2.23 bits per heavy atom. The van der Waals surface area contributed by atoms with Gasteiger partial charge in [-0.2, -0.15) is 0 Å². The van der Waals surface area contributed by atoms with Crippen LogP contribution in [0.15, 0.2) is 59.5 Å². The van der Waals surface area contributed by atoms with E-state index in [4.69, 9.17) is 11.6 Å². The number of carbonyl (C=O) groups is 1. The highest BCUT2D eigenvalue weighted by molar-refractivity contribution is 7.89. The average molecular weight is 339 g/mol. The lowest BCUT2D eigenvalue weighted by molar-refractivity contribution is -0.306. The number of carbonyl (C=O) groups excluding carboxylic acids is 1. The predicted octanol–water partition coefficient (Wildman–Crippen LogP) is 1.50. The van der Waals surface area contributed by atoms with Gasteiger partial charge in [0.15, 0.2) is 0 Å². The van der Waals surface area contributed by atoms with E-state index in [1.165, 1.54) is 24.3 Å². The summed E-state index contributed by atoms with van der Waals surface area (Å²) >= 11 is 5.73. The first kappa shape index (κ1) is 16.5. The first-order valence-corrected chi connectivity index (χ1v) is 8.27. The number of hydrogen-bond donors (Lipinski definition) is 1. The van der Waals surface area contributed by atoms with Gasteiger partial charge in [-0.1, -0.05) is 41.9 Å². The predicted molar refractivity (Wildman–Crippen MR) is 80.6 cm³/mol. The largest absolute Gasteiger partial charge is 0.550 e. The Morgan fingerprint density at radius 1 is 1.09 bits per heavy atom. The molecule has 2 aromatic carbocycles. The summed E-state index contributed by atoms with van der Waals surface area (Å²) in [6, 6.07) is 13.2. The lowest BCUT2D eigenvalue weighted by atomic mass is 10.1. The Labute approximate surface area is 133 Å². The van der Waals surface area contributed by atoms with E-state index in [-0.39, 0.29) is 4.90 Å². The van der Waals surface area contributed by atoms with Gasteiger partial charge < -0.3 is 9.90 Å². The van der Waals surface area contributed by atoms with Gasteiger partial charge in [0.2, 0.25) is 10.0 Å². The van der Waals surface area contributed by atoms with Gasteiger partial charge in [0.1, 0.15) is 0 Å². The van der Waals surface area contributed by atoms with Crippen LogP contribution in [-0.4, -0.2) is 14.4 Å². The summed E-state index contributed by atoms with van der Waals surface area (Å²) in [7, 11) is -3.87. The Morgan fingerprint density at radius 2 is 1.68 bits per heavy atom. The van der Waals surface area contributed by atoms with Crippen LogP contribution in [0.4, 0.5) is 0 Å². The molecule has 22 heavy (non-hydrogen) atoms. The first-order chi connectivity index (χ1) is 10.4. The van der Waals surface area contributed by atoms with E-state index in [1.807, 2.05) is 0 Å². The molecule has 2 aromatic rings. The maximum absolute atomic E-state index is 12.3. The van der Waals surface area contributed by atoms with Crippen LogP contribution in [0.2, 0.25) is 5.02 Å². The first-order valence-electron chi connectivity index (χ1n) is 6.41. The summed E-state index contributed by atoms with van der Waals surface area (Å²) in [6.07, 6.45) is -0.461. The van der Waals surface area contributed by atoms with E-state index < -0.39 is 28.5 Å². The molecular weight excluding hydrogens is 326 g/mol. The molecule has 2 rings (SSSR count). The molecule has 0 aliphatic rings. The van der Waals surface area contributed by atoms with Crippen molar-refractivity contribution in [3.63, 3.8) is 0 Å². The van der Waals surface area contributed by atoms with Gasteiger partial charge in [-0.15, -0.1) is 0 Å². The Balaban J connectivity index is 2.30. The van der Waals surface area contributed by atoms with Crippen molar-refractivity contribution in [1.82, 2.24) is 4.72 Å². The molecule has 1 atom stereocenters. The number of benzene rings is 2. The third-order valence-corrected chi connectivity index (χ3v) is 4.73. The van der Waals surface area contributed by atoms with Gasteiger partial charge in [0, 0.05) is 17.4 Å². The van der Waals surface area contributed by atoms with Gasteiger partial charge in [0.05, 0.1) is 10.9 Å². The molecule has 0 radical (unpaired) electrons. The van der Waals surface area contributed by atoms with E-state index in [2.05, 4.69) is 4.72 Å². The van der Waals surface area contributed by atoms with Gasteiger partial charge in [0.25, 0.3) is 0 Å². The molecule has 116 valence electrons. The van der Waals surface area contributed by atoms with Gasteiger partial charge in [-0.25, -0.2) is 13.1 Å². The summed E-state index contributed by atoms with van der Waals surface area (Å²) < 4.78 is 27.1. The van der Waals surface area contributed by atoms with Crippen molar-refractivity contribution in [3.8, 4) is 0 Å². The molecule has 0 saturated carbocycles. The van der Waals surface area contributed by atoms with Crippen molar-refractivity contribution >= 4 is 27.6 Å². The fourth-order valence-corrected chi connectivity index (χ4v) is 3.30. The molecule has 0 fully saturated rings. The van der Waals surface area contributed by atoms with Gasteiger partial charge in [-0.3, -0.25) is 0 Å². The molecule has 5 nitrogen and oxygen atoms in total. The fourth-order valence-electron chi connectivity index (χ4n) is 1.95. The third-order valence-electron chi connectivity index (χ3n) is 2.99. The number of nitrogens with one attached hydrogen (secondary N) is 1. The summed E-state index contributed by atoms with van der Waals surface area (Å²) in [6.45, 7) is 0. The molecule has 0 saturated heterocycles. The van der Waals surface area contributed by atoms with Crippen molar-refractivity contribution in [1.29, 1.82) is 0 Å². The molecule has 7 heteroatoms. The minimum Gasteiger partial charge on any atom is -0.550 e. The van der Waals surface area contributed by atoms with Gasteiger partial charge in [-0.05, 0) is 29.8 Å². The molecule has 0 aliphatic carbocycles. The van der Waals surface area contributed by atoms with Crippen molar-refractivity contribution in [3.05, 3.63) is 65.2 Å². The molecule has 0 bridgehead atoms. The molecule has 0 aliphatic heterocycles. The highest BCUT2D eigenvalue weighted by atomic mass is 35.5. The molecule has 0 spiro atoms. The number of rotatable bonds is 6. The van der Waals surface area contributed by atoms with Crippen LogP contribution in [-0.2, 0) is 14.8 Å². The SMILES string of the molecule is O=C([O-])CC(NS(=O)(=O)c1ccc(Cl)cc1)c1ccccc1. The number of hydrogen-bond acceptors (Lipinski definition) is 4. The Hall–Kier alpha value is -1.89. The summed E-state index contributed by atoms with van der Waals surface area (Å²) in [5.41, 5.74) is 0.546. The van der Waals surface area contributed by atoms with Gasteiger partial charge >= 0.3 is 0 Å². The van der Waals surface area contributed by atoms with Crippen LogP contribution in [0, 0.1) is 0 Å². The van der Waals surface area contributed by atoms with Crippen LogP contribution in [0.1, 0.15) is 18.0 Å². The zero-order chi connectivity index (χ0) is 16.2. The molecule has 0 amide bonds. The average Bonchev–Trinajstić information content (AvgIpc) is 2.47. The van der Waals surface area contributed by atoms with E-state index in [9.17, 15) is 18.3 Å². The lowest BCUT2D eigenvalue weighted by Gasteiger charge is -2.19. The zero-order valence-electron chi connectivity index (χ0n) is 11.4. The van der Waals surface area contributed by atoms with E-state index in [0.29, 0.717) is 10.6 Å². The van der Waals surface area contributed by atoms with Crippen LogP contribution >= 0.6 is 11.6 Å². The van der Waals surface area contributed by atoms with E-state index in [1.54, 1.807) is 30.3 Å².